The minimum atomic E-state index is -1.06. The summed E-state index contributed by atoms with van der Waals surface area (Å²) >= 11 is 0. The smallest absolute Gasteiger partial charge is 0.358 e. The molecule has 0 radical (unpaired) electrons. The van der Waals surface area contributed by atoms with Crippen LogP contribution in [0.2, 0.25) is 0 Å². The zero-order chi connectivity index (χ0) is 15.4. The van der Waals surface area contributed by atoms with Crippen molar-refractivity contribution in [3.8, 4) is 0 Å². The van der Waals surface area contributed by atoms with Crippen molar-refractivity contribution < 1.29 is 14.6 Å². The Kier molecular flexibility index (Phi) is 4.70. The van der Waals surface area contributed by atoms with Crippen LogP contribution < -0.4 is 0 Å². The van der Waals surface area contributed by atoms with Crippen molar-refractivity contribution in [2.75, 3.05) is 13.7 Å². The van der Waals surface area contributed by atoms with Gasteiger partial charge in [0.15, 0.2) is 5.69 Å². The third kappa shape index (κ3) is 3.46. The molecule has 0 fully saturated rings. The van der Waals surface area contributed by atoms with Crippen LogP contribution in [0.3, 0.4) is 0 Å². The van der Waals surface area contributed by atoms with Gasteiger partial charge in [0, 0.05) is 13.5 Å². The van der Waals surface area contributed by atoms with Gasteiger partial charge in [-0.15, -0.1) is 5.10 Å². The number of aromatic nitrogens is 3. The molecule has 2 rings (SSSR count). The highest BCUT2D eigenvalue weighted by molar-refractivity contribution is 5.86. The van der Waals surface area contributed by atoms with Crippen LogP contribution >= 0.6 is 0 Å². The molecule has 1 heterocycles. The van der Waals surface area contributed by atoms with Crippen LogP contribution in [-0.4, -0.2) is 39.8 Å². The molecule has 112 valence electrons. The third-order valence-corrected chi connectivity index (χ3v) is 3.49. The Morgan fingerprint density at radius 2 is 2.10 bits per heavy atom. The predicted octanol–water partition coefficient (Wildman–Crippen LogP) is 1.83. The van der Waals surface area contributed by atoms with E-state index in [0.29, 0.717) is 25.3 Å². The summed E-state index contributed by atoms with van der Waals surface area (Å²) in [6.45, 7) is 5.04. The van der Waals surface area contributed by atoms with Crippen LogP contribution in [0.4, 0.5) is 0 Å². The third-order valence-electron chi connectivity index (χ3n) is 3.49. The van der Waals surface area contributed by atoms with Gasteiger partial charge in [-0.3, -0.25) is 0 Å². The van der Waals surface area contributed by atoms with Crippen molar-refractivity contribution >= 4 is 5.97 Å². The van der Waals surface area contributed by atoms with Crippen LogP contribution in [0.1, 0.15) is 32.9 Å². The summed E-state index contributed by atoms with van der Waals surface area (Å²) in [7, 11) is 1.58. The maximum absolute atomic E-state index is 11.2. The van der Waals surface area contributed by atoms with E-state index < -0.39 is 5.97 Å². The van der Waals surface area contributed by atoms with Gasteiger partial charge in [-0.05, 0) is 30.5 Å². The Hall–Kier alpha value is -2.21. The maximum atomic E-state index is 11.2. The normalized spacial score (nSPS) is 10.8. The van der Waals surface area contributed by atoms with Gasteiger partial charge in [-0.25, -0.2) is 9.48 Å². The van der Waals surface area contributed by atoms with Gasteiger partial charge in [-0.1, -0.05) is 23.4 Å². The number of methoxy groups -OCH3 is 1. The topological polar surface area (TPSA) is 77.2 Å². The number of rotatable bonds is 6. The van der Waals surface area contributed by atoms with Crippen LogP contribution in [0.5, 0.6) is 0 Å². The highest BCUT2D eigenvalue weighted by Crippen LogP contribution is 2.14. The standard InChI is InChI=1S/C15H19N3O3/c1-10-4-5-12(8-11(10)2)9-18-13(6-7-21-3)14(15(19)20)16-17-18/h4-5,8H,6-7,9H2,1-3H3,(H,19,20). The first-order valence-electron chi connectivity index (χ1n) is 6.73. The van der Waals surface area contributed by atoms with E-state index in [1.165, 1.54) is 11.1 Å². The van der Waals surface area contributed by atoms with Gasteiger partial charge in [-0.2, -0.15) is 0 Å². The van der Waals surface area contributed by atoms with E-state index in [2.05, 4.69) is 36.3 Å². The van der Waals surface area contributed by atoms with Gasteiger partial charge < -0.3 is 9.84 Å². The molecule has 0 bridgehead atoms. The number of carboxylic acid groups (broad SMARTS) is 1. The number of hydrogen-bond acceptors (Lipinski definition) is 4. The molecule has 0 aliphatic carbocycles. The Balaban J connectivity index is 2.30. The van der Waals surface area contributed by atoms with Crippen molar-refractivity contribution in [1.29, 1.82) is 0 Å². The SMILES string of the molecule is COCCc1c(C(=O)O)nnn1Cc1ccc(C)c(C)c1. The van der Waals surface area contributed by atoms with Gasteiger partial charge in [0.05, 0.1) is 18.8 Å². The second-order valence-corrected chi connectivity index (χ2v) is 5.01. The average molecular weight is 289 g/mol. The van der Waals surface area contributed by atoms with Crippen molar-refractivity contribution in [3.05, 3.63) is 46.3 Å². The number of carboxylic acids is 1. The fourth-order valence-corrected chi connectivity index (χ4v) is 2.15. The fraction of sp³-hybridized carbons (Fsp3) is 0.400. The molecule has 1 aromatic carbocycles. The van der Waals surface area contributed by atoms with E-state index in [1.807, 2.05) is 6.07 Å². The van der Waals surface area contributed by atoms with Crippen LogP contribution in [0.15, 0.2) is 18.2 Å². The molecule has 0 unspecified atom stereocenters. The molecule has 6 nitrogen and oxygen atoms in total. The molecule has 21 heavy (non-hydrogen) atoms. The first kappa shape index (κ1) is 15.2. The molecule has 6 heteroatoms. The Morgan fingerprint density at radius 3 is 2.71 bits per heavy atom. The molecule has 0 spiro atoms. The summed E-state index contributed by atoms with van der Waals surface area (Å²) in [5.41, 5.74) is 4.07. The Labute approximate surface area is 123 Å². The number of carbonyl (C=O) groups is 1. The van der Waals surface area contributed by atoms with E-state index in [4.69, 9.17) is 9.84 Å². The van der Waals surface area contributed by atoms with Crippen LogP contribution in [0.25, 0.3) is 0 Å². The number of aromatic carboxylic acids is 1. The van der Waals surface area contributed by atoms with Crippen molar-refractivity contribution in [3.63, 3.8) is 0 Å². The lowest BCUT2D eigenvalue weighted by Crippen LogP contribution is -2.11. The molecule has 1 N–H and O–H groups in total. The number of nitrogens with zero attached hydrogens (tertiary/aromatic N) is 3. The minimum Gasteiger partial charge on any atom is -0.476 e. The summed E-state index contributed by atoms with van der Waals surface area (Å²) in [5.74, 6) is -1.06. The van der Waals surface area contributed by atoms with E-state index in [0.717, 1.165) is 5.56 Å². The summed E-state index contributed by atoms with van der Waals surface area (Å²) in [5, 5.41) is 16.9. The number of hydrogen-bond donors (Lipinski definition) is 1. The second-order valence-electron chi connectivity index (χ2n) is 5.01. The van der Waals surface area contributed by atoms with Gasteiger partial charge in [0.1, 0.15) is 0 Å². The van der Waals surface area contributed by atoms with Crippen molar-refractivity contribution in [2.24, 2.45) is 0 Å². The lowest BCUT2D eigenvalue weighted by Gasteiger charge is -2.08. The van der Waals surface area contributed by atoms with Crippen molar-refractivity contribution in [2.45, 2.75) is 26.8 Å². The molecule has 0 saturated heterocycles. The summed E-state index contributed by atoms with van der Waals surface area (Å²) in [6, 6.07) is 6.15. The Bertz CT molecular complexity index is 650. The highest BCUT2D eigenvalue weighted by atomic mass is 16.5. The lowest BCUT2D eigenvalue weighted by molar-refractivity contribution is 0.0688. The Morgan fingerprint density at radius 1 is 1.33 bits per heavy atom. The fourth-order valence-electron chi connectivity index (χ4n) is 2.15. The van der Waals surface area contributed by atoms with E-state index in [1.54, 1.807) is 11.8 Å². The van der Waals surface area contributed by atoms with Crippen molar-refractivity contribution in [1.82, 2.24) is 15.0 Å². The molecule has 0 saturated carbocycles. The predicted molar refractivity (Wildman–Crippen MR) is 77.6 cm³/mol. The number of ether oxygens (including phenoxy) is 1. The highest BCUT2D eigenvalue weighted by Gasteiger charge is 2.18. The summed E-state index contributed by atoms with van der Waals surface area (Å²) in [6.07, 6.45) is 0.468. The molecule has 0 amide bonds. The van der Waals surface area contributed by atoms with Gasteiger partial charge in [0.2, 0.25) is 0 Å². The number of benzene rings is 1. The van der Waals surface area contributed by atoms with Crippen LogP contribution in [-0.2, 0) is 17.7 Å². The molecule has 2 aromatic rings. The second kappa shape index (κ2) is 6.49. The van der Waals surface area contributed by atoms with E-state index in [9.17, 15) is 4.79 Å². The zero-order valence-electron chi connectivity index (χ0n) is 12.5. The molecule has 0 aliphatic heterocycles. The molecule has 0 atom stereocenters. The average Bonchev–Trinajstić information content (AvgIpc) is 2.83. The zero-order valence-corrected chi connectivity index (χ0v) is 12.5. The van der Waals surface area contributed by atoms with E-state index >= 15 is 0 Å². The van der Waals surface area contributed by atoms with Crippen LogP contribution in [0, 0.1) is 13.8 Å². The van der Waals surface area contributed by atoms with E-state index in [-0.39, 0.29) is 5.69 Å². The lowest BCUT2D eigenvalue weighted by atomic mass is 10.1. The first-order valence-corrected chi connectivity index (χ1v) is 6.73. The maximum Gasteiger partial charge on any atom is 0.358 e. The first-order chi connectivity index (χ1) is 10.0. The summed E-state index contributed by atoms with van der Waals surface area (Å²) in [4.78, 5) is 11.2. The minimum absolute atomic E-state index is 0.00381. The number of aryl methyl sites for hydroxylation is 2. The largest absolute Gasteiger partial charge is 0.476 e. The quantitative estimate of drug-likeness (QED) is 0.878. The van der Waals surface area contributed by atoms with Gasteiger partial charge in [0.25, 0.3) is 0 Å². The molecule has 0 aliphatic rings. The molecule has 1 aromatic heterocycles. The molecular formula is C15H19N3O3. The molecular weight excluding hydrogens is 270 g/mol. The monoisotopic (exact) mass is 289 g/mol. The summed E-state index contributed by atoms with van der Waals surface area (Å²) < 4.78 is 6.66. The van der Waals surface area contributed by atoms with Gasteiger partial charge >= 0.3 is 5.97 Å².